The van der Waals surface area contributed by atoms with Crippen molar-refractivity contribution >= 4 is 29.0 Å². The van der Waals surface area contributed by atoms with Crippen LogP contribution in [0.25, 0.3) is 0 Å². The Morgan fingerprint density at radius 1 is 1.05 bits per heavy atom. The summed E-state index contributed by atoms with van der Waals surface area (Å²) in [5, 5.41) is 1.07. The predicted octanol–water partition coefficient (Wildman–Crippen LogP) is 5.04. The van der Waals surface area contributed by atoms with Gasteiger partial charge in [0.2, 0.25) is 0 Å². The van der Waals surface area contributed by atoms with Gasteiger partial charge in [0.25, 0.3) is 0 Å². The van der Waals surface area contributed by atoms with Crippen molar-refractivity contribution in [2.45, 2.75) is 20.3 Å². The van der Waals surface area contributed by atoms with E-state index in [2.05, 4.69) is 0 Å². The highest BCUT2D eigenvalue weighted by Gasteiger charge is 2.14. The Bertz CT molecular complexity index is 612. The van der Waals surface area contributed by atoms with E-state index in [0.29, 0.717) is 15.6 Å². The molecule has 0 unspecified atom stereocenters. The third kappa shape index (κ3) is 3.17. The molecule has 0 radical (unpaired) electrons. The molecule has 0 bridgehead atoms. The minimum atomic E-state index is 0.0347. The van der Waals surface area contributed by atoms with Crippen molar-refractivity contribution in [1.82, 2.24) is 0 Å². The molecule has 0 aliphatic rings. The zero-order valence-electron chi connectivity index (χ0n) is 10.8. The van der Waals surface area contributed by atoms with Crippen LogP contribution < -0.4 is 0 Å². The fourth-order valence-electron chi connectivity index (χ4n) is 2.08. The number of rotatable bonds is 3. The molecule has 0 N–H and O–H groups in total. The van der Waals surface area contributed by atoms with Crippen LogP contribution in [0.4, 0.5) is 0 Å². The first-order valence-electron chi connectivity index (χ1n) is 6.02. The number of hydrogen-bond acceptors (Lipinski definition) is 1. The van der Waals surface area contributed by atoms with Gasteiger partial charge in [-0.25, -0.2) is 0 Å². The molecule has 0 spiro atoms. The molecule has 19 heavy (non-hydrogen) atoms. The van der Waals surface area contributed by atoms with Gasteiger partial charge in [-0.1, -0.05) is 53.0 Å². The van der Waals surface area contributed by atoms with Crippen molar-refractivity contribution in [2.24, 2.45) is 0 Å². The Kier molecular flexibility index (Phi) is 4.28. The Balaban J connectivity index is 2.31. The number of ketones is 1. The predicted molar refractivity (Wildman–Crippen MR) is 80.4 cm³/mol. The maximum absolute atomic E-state index is 12.3. The first kappa shape index (κ1) is 14.1. The van der Waals surface area contributed by atoms with E-state index in [9.17, 15) is 4.79 Å². The minimum Gasteiger partial charge on any atom is -0.294 e. The zero-order chi connectivity index (χ0) is 14.0. The van der Waals surface area contributed by atoms with Gasteiger partial charge in [0.1, 0.15) is 0 Å². The van der Waals surface area contributed by atoms with E-state index in [-0.39, 0.29) is 12.2 Å². The van der Waals surface area contributed by atoms with Crippen molar-refractivity contribution in [3.05, 3.63) is 68.7 Å². The van der Waals surface area contributed by atoms with Crippen LogP contribution in [0.5, 0.6) is 0 Å². The number of halogens is 2. The van der Waals surface area contributed by atoms with Gasteiger partial charge in [-0.3, -0.25) is 4.79 Å². The van der Waals surface area contributed by atoms with E-state index in [1.54, 1.807) is 18.2 Å². The molecule has 0 aliphatic carbocycles. The standard InChI is InChI=1S/C16H14Cl2O/c1-10-6-7-12(11(2)8-10)16(19)9-13-14(17)4-3-5-15(13)18/h3-8H,9H2,1-2H3. The molecular weight excluding hydrogens is 279 g/mol. The van der Waals surface area contributed by atoms with Crippen molar-refractivity contribution in [3.8, 4) is 0 Å². The van der Waals surface area contributed by atoms with Gasteiger partial charge in [-0.2, -0.15) is 0 Å². The highest BCUT2D eigenvalue weighted by molar-refractivity contribution is 6.36. The lowest BCUT2D eigenvalue weighted by molar-refractivity contribution is 0.0992. The molecule has 0 atom stereocenters. The maximum atomic E-state index is 12.3. The Morgan fingerprint density at radius 3 is 2.26 bits per heavy atom. The van der Waals surface area contributed by atoms with Crippen LogP contribution in [0.3, 0.4) is 0 Å². The molecule has 98 valence electrons. The molecule has 2 aromatic carbocycles. The summed E-state index contributed by atoms with van der Waals surface area (Å²) in [6.45, 7) is 3.95. The van der Waals surface area contributed by atoms with Crippen LogP contribution in [-0.2, 0) is 6.42 Å². The normalized spacial score (nSPS) is 10.5. The van der Waals surface area contributed by atoms with Gasteiger partial charge >= 0.3 is 0 Å². The Labute approximate surface area is 123 Å². The quantitative estimate of drug-likeness (QED) is 0.725. The molecule has 3 heteroatoms. The van der Waals surface area contributed by atoms with Gasteiger partial charge in [0.15, 0.2) is 5.78 Å². The fourth-order valence-corrected chi connectivity index (χ4v) is 2.61. The van der Waals surface area contributed by atoms with E-state index in [1.807, 2.05) is 32.0 Å². The van der Waals surface area contributed by atoms with Crippen LogP contribution in [0.1, 0.15) is 27.0 Å². The van der Waals surface area contributed by atoms with Crippen LogP contribution in [0, 0.1) is 13.8 Å². The summed E-state index contributed by atoms with van der Waals surface area (Å²) in [6.07, 6.45) is 0.225. The summed E-state index contributed by atoms with van der Waals surface area (Å²) >= 11 is 12.2. The second kappa shape index (κ2) is 5.77. The van der Waals surface area contributed by atoms with E-state index >= 15 is 0 Å². The third-order valence-corrected chi connectivity index (χ3v) is 3.79. The van der Waals surface area contributed by atoms with Crippen molar-refractivity contribution in [2.75, 3.05) is 0 Å². The lowest BCUT2D eigenvalue weighted by Gasteiger charge is -2.08. The Morgan fingerprint density at radius 2 is 1.68 bits per heavy atom. The van der Waals surface area contributed by atoms with Gasteiger partial charge in [-0.15, -0.1) is 0 Å². The van der Waals surface area contributed by atoms with Crippen molar-refractivity contribution < 1.29 is 4.79 Å². The second-order valence-electron chi connectivity index (χ2n) is 4.62. The lowest BCUT2D eigenvalue weighted by Crippen LogP contribution is -2.06. The summed E-state index contributed by atoms with van der Waals surface area (Å²) in [7, 11) is 0. The largest absolute Gasteiger partial charge is 0.294 e. The third-order valence-electron chi connectivity index (χ3n) is 3.08. The summed E-state index contributed by atoms with van der Waals surface area (Å²) in [6, 6.07) is 11.1. The SMILES string of the molecule is Cc1ccc(C(=O)Cc2c(Cl)cccc2Cl)c(C)c1. The minimum absolute atomic E-state index is 0.0347. The van der Waals surface area contributed by atoms with Crippen LogP contribution in [0.15, 0.2) is 36.4 Å². The van der Waals surface area contributed by atoms with E-state index in [1.165, 1.54) is 0 Å². The average Bonchev–Trinajstić information content (AvgIpc) is 2.33. The summed E-state index contributed by atoms with van der Waals surface area (Å²) < 4.78 is 0. The van der Waals surface area contributed by atoms with Gasteiger partial charge < -0.3 is 0 Å². The summed E-state index contributed by atoms with van der Waals surface area (Å²) in [5.41, 5.74) is 3.54. The highest BCUT2D eigenvalue weighted by atomic mass is 35.5. The van der Waals surface area contributed by atoms with Crippen molar-refractivity contribution in [1.29, 1.82) is 0 Å². The number of benzene rings is 2. The summed E-state index contributed by atoms with van der Waals surface area (Å²) in [5.74, 6) is 0.0347. The molecule has 0 saturated carbocycles. The van der Waals surface area contributed by atoms with E-state index in [0.717, 1.165) is 16.7 Å². The number of hydrogen-bond donors (Lipinski definition) is 0. The number of carbonyl (C=O) groups excluding carboxylic acids is 1. The maximum Gasteiger partial charge on any atom is 0.167 e. The van der Waals surface area contributed by atoms with Gasteiger partial charge in [0.05, 0.1) is 0 Å². The molecular formula is C16H14Cl2O. The molecule has 0 amide bonds. The molecule has 2 aromatic rings. The van der Waals surface area contributed by atoms with E-state index in [4.69, 9.17) is 23.2 Å². The Hall–Kier alpha value is -1.31. The zero-order valence-corrected chi connectivity index (χ0v) is 12.3. The fraction of sp³-hybridized carbons (Fsp3) is 0.188. The number of carbonyl (C=O) groups is 1. The molecule has 0 aromatic heterocycles. The van der Waals surface area contributed by atoms with Crippen LogP contribution >= 0.6 is 23.2 Å². The van der Waals surface area contributed by atoms with Gasteiger partial charge in [-0.05, 0) is 37.1 Å². The topological polar surface area (TPSA) is 17.1 Å². The van der Waals surface area contributed by atoms with Crippen molar-refractivity contribution in [3.63, 3.8) is 0 Å². The molecule has 2 rings (SSSR count). The molecule has 0 heterocycles. The lowest BCUT2D eigenvalue weighted by atomic mass is 9.98. The number of Topliss-reactive ketones (excluding diaryl/α,β-unsaturated/α-hetero) is 1. The molecule has 1 nitrogen and oxygen atoms in total. The molecule has 0 aliphatic heterocycles. The van der Waals surface area contributed by atoms with Crippen LogP contribution in [-0.4, -0.2) is 5.78 Å². The first-order valence-corrected chi connectivity index (χ1v) is 6.78. The monoisotopic (exact) mass is 292 g/mol. The smallest absolute Gasteiger partial charge is 0.167 e. The van der Waals surface area contributed by atoms with E-state index < -0.39 is 0 Å². The van der Waals surface area contributed by atoms with Crippen LogP contribution in [0.2, 0.25) is 10.0 Å². The molecule has 0 saturated heterocycles. The average molecular weight is 293 g/mol. The highest BCUT2D eigenvalue weighted by Crippen LogP contribution is 2.26. The summed E-state index contributed by atoms with van der Waals surface area (Å²) in [4.78, 5) is 12.3. The number of aryl methyl sites for hydroxylation is 2. The van der Waals surface area contributed by atoms with Gasteiger partial charge in [0, 0.05) is 22.0 Å². The second-order valence-corrected chi connectivity index (χ2v) is 5.43. The first-order chi connectivity index (χ1) is 8.99. The molecule has 0 fully saturated rings.